The van der Waals surface area contributed by atoms with Gasteiger partial charge in [0.1, 0.15) is 5.82 Å². The molecule has 0 saturated carbocycles. The first-order chi connectivity index (χ1) is 10.4. The molecule has 0 unspecified atom stereocenters. The molecule has 0 atom stereocenters. The molecule has 7 heteroatoms. The van der Waals surface area contributed by atoms with Gasteiger partial charge in [-0.1, -0.05) is 11.6 Å². The average Bonchev–Trinajstić information content (AvgIpc) is 2.83. The summed E-state index contributed by atoms with van der Waals surface area (Å²) in [7, 11) is 0. The quantitative estimate of drug-likeness (QED) is 0.744. The summed E-state index contributed by atoms with van der Waals surface area (Å²) >= 11 is 5.61. The number of carbonyl (C=O) groups excluding carboxylic acids is 2. The van der Waals surface area contributed by atoms with Gasteiger partial charge in [0, 0.05) is 17.3 Å². The summed E-state index contributed by atoms with van der Waals surface area (Å²) in [6, 6.07) is 7.14. The number of amides is 2. The Balaban J connectivity index is 1.85. The van der Waals surface area contributed by atoms with Gasteiger partial charge >= 0.3 is 0 Å². The van der Waals surface area contributed by atoms with Crippen LogP contribution in [-0.4, -0.2) is 11.8 Å². The van der Waals surface area contributed by atoms with Crippen molar-refractivity contribution in [1.29, 1.82) is 0 Å². The molecule has 0 spiro atoms. The molecule has 1 aliphatic rings. The topological polar surface area (TPSA) is 84.2 Å². The predicted octanol–water partition coefficient (Wildman–Crippen LogP) is 2.81. The fourth-order valence-electron chi connectivity index (χ4n) is 2.24. The Kier molecular flexibility index (Phi) is 3.46. The van der Waals surface area contributed by atoms with E-state index >= 15 is 0 Å². The van der Waals surface area contributed by atoms with Gasteiger partial charge < -0.3 is 16.4 Å². The zero-order valence-electron chi connectivity index (χ0n) is 11.2. The first kappa shape index (κ1) is 14.3. The van der Waals surface area contributed by atoms with Gasteiger partial charge in [0.25, 0.3) is 5.91 Å². The van der Waals surface area contributed by atoms with Crippen LogP contribution in [0.3, 0.4) is 0 Å². The number of rotatable bonds is 2. The van der Waals surface area contributed by atoms with Gasteiger partial charge in [-0.25, -0.2) is 4.39 Å². The predicted molar refractivity (Wildman–Crippen MR) is 82.6 cm³/mol. The van der Waals surface area contributed by atoms with Crippen LogP contribution in [0.1, 0.15) is 15.9 Å². The molecular formula is C15H11ClFN3O2. The second-order valence-corrected chi connectivity index (χ2v) is 5.31. The summed E-state index contributed by atoms with van der Waals surface area (Å²) in [5, 5.41) is 5.10. The largest absolute Gasteiger partial charge is 0.397 e. The summed E-state index contributed by atoms with van der Waals surface area (Å²) in [6.07, 6.45) is 0.230. The van der Waals surface area contributed by atoms with Gasteiger partial charge in [-0.05, 0) is 29.8 Å². The van der Waals surface area contributed by atoms with Gasteiger partial charge in [0.15, 0.2) is 0 Å². The van der Waals surface area contributed by atoms with Crippen molar-refractivity contribution in [3.05, 3.63) is 52.3 Å². The standard InChI is InChI=1S/C15H11ClFN3O2/c16-9-5-11(18)13(6-10(9)17)20-15(22)7-1-2-12-8(3-7)4-14(21)19-12/h1-3,5-6H,4,18H2,(H,19,21)(H,20,22). The number of hydrogen-bond acceptors (Lipinski definition) is 3. The lowest BCUT2D eigenvalue weighted by atomic mass is 10.1. The van der Waals surface area contributed by atoms with Crippen LogP contribution >= 0.6 is 11.6 Å². The number of hydrogen-bond donors (Lipinski definition) is 3. The number of nitrogens with one attached hydrogen (secondary N) is 2. The first-order valence-corrected chi connectivity index (χ1v) is 6.80. The lowest BCUT2D eigenvalue weighted by Gasteiger charge is -2.10. The molecule has 4 N–H and O–H groups in total. The molecule has 2 aromatic rings. The number of benzene rings is 2. The van der Waals surface area contributed by atoms with E-state index < -0.39 is 11.7 Å². The van der Waals surface area contributed by atoms with E-state index in [9.17, 15) is 14.0 Å². The zero-order chi connectivity index (χ0) is 15.9. The SMILES string of the molecule is Nc1cc(Cl)c(F)cc1NC(=O)c1ccc2c(c1)CC(=O)N2. The van der Waals surface area contributed by atoms with Crippen molar-refractivity contribution < 1.29 is 14.0 Å². The third-order valence-electron chi connectivity index (χ3n) is 3.33. The minimum atomic E-state index is -0.671. The van der Waals surface area contributed by atoms with Crippen LogP contribution in [0.2, 0.25) is 5.02 Å². The maximum atomic E-state index is 13.5. The van der Waals surface area contributed by atoms with Crippen molar-refractivity contribution in [2.75, 3.05) is 16.4 Å². The molecule has 2 aromatic carbocycles. The van der Waals surface area contributed by atoms with E-state index in [1.54, 1.807) is 18.2 Å². The van der Waals surface area contributed by atoms with Crippen LogP contribution in [0.15, 0.2) is 30.3 Å². The Morgan fingerprint density at radius 1 is 1.32 bits per heavy atom. The van der Waals surface area contributed by atoms with Crippen LogP contribution in [0.25, 0.3) is 0 Å². The van der Waals surface area contributed by atoms with Crippen LogP contribution in [0.5, 0.6) is 0 Å². The summed E-state index contributed by atoms with van der Waals surface area (Å²) < 4.78 is 13.5. The minimum absolute atomic E-state index is 0.113. The number of anilines is 3. The Labute approximate surface area is 130 Å². The number of nitrogens with two attached hydrogens (primary N) is 1. The third-order valence-corrected chi connectivity index (χ3v) is 3.62. The summed E-state index contributed by atoms with van der Waals surface area (Å²) in [5.74, 6) is -1.23. The third kappa shape index (κ3) is 2.60. The molecule has 0 saturated heterocycles. The number of nitrogen functional groups attached to an aromatic ring is 1. The van der Waals surface area contributed by atoms with E-state index in [4.69, 9.17) is 17.3 Å². The molecule has 1 heterocycles. The molecular weight excluding hydrogens is 309 g/mol. The van der Waals surface area contributed by atoms with Crippen molar-refractivity contribution in [1.82, 2.24) is 0 Å². The number of carbonyl (C=O) groups is 2. The molecule has 5 nitrogen and oxygen atoms in total. The zero-order valence-corrected chi connectivity index (χ0v) is 12.0. The van der Waals surface area contributed by atoms with Crippen LogP contribution in [-0.2, 0) is 11.2 Å². The summed E-state index contributed by atoms with van der Waals surface area (Å²) in [4.78, 5) is 23.5. The van der Waals surface area contributed by atoms with Gasteiger partial charge in [0.2, 0.25) is 5.91 Å². The Morgan fingerprint density at radius 2 is 2.09 bits per heavy atom. The van der Waals surface area contributed by atoms with Crippen molar-refractivity contribution in [3.63, 3.8) is 0 Å². The van der Waals surface area contributed by atoms with Crippen molar-refractivity contribution in [3.8, 4) is 0 Å². The van der Waals surface area contributed by atoms with Crippen LogP contribution in [0, 0.1) is 5.82 Å². The molecule has 112 valence electrons. The van der Waals surface area contributed by atoms with Gasteiger partial charge in [-0.2, -0.15) is 0 Å². The molecule has 3 rings (SSSR count). The highest BCUT2D eigenvalue weighted by molar-refractivity contribution is 6.31. The Hall–Kier alpha value is -2.60. The maximum Gasteiger partial charge on any atom is 0.255 e. The van der Waals surface area contributed by atoms with Gasteiger partial charge in [-0.15, -0.1) is 0 Å². The highest BCUT2D eigenvalue weighted by atomic mass is 35.5. The summed E-state index contributed by atoms with van der Waals surface area (Å²) in [5.41, 5.74) is 7.80. The van der Waals surface area contributed by atoms with E-state index in [1.807, 2.05) is 0 Å². The fraction of sp³-hybridized carbons (Fsp3) is 0.0667. The van der Waals surface area contributed by atoms with E-state index in [0.717, 1.165) is 11.6 Å². The second-order valence-electron chi connectivity index (χ2n) is 4.90. The lowest BCUT2D eigenvalue weighted by Crippen LogP contribution is -2.13. The van der Waals surface area contributed by atoms with Crippen molar-refractivity contribution in [2.24, 2.45) is 0 Å². The molecule has 2 amide bonds. The Bertz CT molecular complexity index is 808. The molecule has 0 fully saturated rings. The van der Waals surface area contributed by atoms with Gasteiger partial charge in [-0.3, -0.25) is 9.59 Å². The normalized spacial score (nSPS) is 12.7. The van der Waals surface area contributed by atoms with Crippen molar-refractivity contribution >= 4 is 40.5 Å². The fourth-order valence-corrected chi connectivity index (χ4v) is 2.41. The monoisotopic (exact) mass is 319 g/mol. The van der Waals surface area contributed by atoms with Crippen LogP contribution < -0.4 is 16.4 Å². The first-order valence-electron chi connectivity index (χ1n) is 6.42. The van der Waals surface area contributed by atoms with E-state index in [2.05, 4.69) is 10.6 Å². The molecule has 0 aromatic heterocycles. The molecule has 0 aliphatic carbocycles. The van der Waals surface area contributed by atoms with Crippen LogP contribution in [0.4, 0.5) is 21.5 Å². The smallest absolute Gasteiger partial charge is 0.255 e. The lowest BCUT2D eigenvalue weighted by molar-refractivity contribution is -0.115. The highest BCUT2D eigenvalue weighted by Crippen LogP contribution is 2.28. The number of halogens is 2. The maximum absolute atomic E-state index is 13.5. The summed E-state index contributed by atoms with van der Waals surface area (Å²) in [6.45, 7) is 0. The molecule has 0 radical (unpaired) electrons. The average molecular weight is 320 g/mol. The van der Waals surface area contributed by atoms with Gasteiger partial charge in [0.05, 0.1) is 22.8 Å². The highest BCUT2D eigenvalue weighted by Gasteiger charge is 2.19. The molecule has 22 heavy (non-hydrogen) atoms. The van der Waals surface area contributed by atoms with E-state index in [-0.39, 0.29) is 28.7 Å². The van der Waals surface area contributed by atoms with E-state index in [1.165, 1.54) is 6.07 Å². The van der Waals surface area contributed by atoms with E-state index in [0.29, 0.717) is 11.3 Å². The minimum Gasteiger partial charge on any atom is -0.397 e. The van der Waals surface area contributed by atoms with Crippen molar-refractivity contribution in [2.45, 2.75) is 6.42 Å². The molecule has 0 bridgehead atoms. The second kappa shape index (κ2) is 5.31. The Morgan fingerprint density at radius 3 is 2.86 bits per heavy atom. The number of fused-ring (bicyclic) bond motifs is 1. The molecule has 1 aliphatic heterocycles.